The van der Waals surface area contributed by atoms with Gasteiger partial charge in [-0.2, -0.15) is 0 Å². The van der Waals surface area contributed by atoms with Crippen LogP contribution in [0.2, 0.25) is 0 Å². The minimum Gasteiger partial charge on any atom is -0.496 e. The van der Waals surface area contributed by atoms with E-state index < -0.39 is 24.7 Å². The molecule has 0 spiro atoms. The Morgan fingerprint density at radius 1 is 1.09 bits per heavy atom. The monoisotopic (exact) mass is 466 g/mol. The SMILES string of the molecule is [2H]C([2H])([2H])Oc1ccc(-c2cc3c(C(=O)NC)c(-c4ccc(F)cc4)oc3cc2OCC)cc1C(=O)O. The molecule has 7 nitrogen and oxygen atoms in total. The van der Waals surface area contributed by atoms with Gasteiger partial charge in [0, 0.05) is 29.6 Å². The van der Waals surface area contributed by atoms with E-state index in [1.54, 1.807) is 19.1 Å². The molecule has 0 aliphatic rings. The number of ether oxygens (including phenoxy) is 2. The van der Waals surface area contributed by atoms with E-state index in [4.69, 9.17) is 18.0 Å². The van der Waals surface area contributed by atoms with Gasteiger partial charge in [-0.15, -0.1) is 0 Å². The fraction of sp³-hybridized carbons (Fsp3) is 0.154. The van der Waals surface area contributed by atoms with Crippen molar-refractivity contribution < 1.29 is 37.1 Å². The summed E-state index contributed by atoms with van der Waals surface area (Å²) in [7, 11) is -1.37. The van der Waals surface area contributed by atoms with Gasteiger partial charge in [-0.3, -0.25) is 4.79 Å². The molecule has 0 saturated carbocycles. The predicted molar refractivity (Wildman–Crippen MR) is 125 cm³/mol. The van der Waals surface area contributed by atoms with Crippen LogP contribution in [-0.4, -0.2) is 37.7 Å². The average Bonchev–Trinajstić information content (AvgIpc) is 3.21. The summed E-state index contributed by atoms with van der Waals surface area (Å²) in [4.78, 5) is 24.8. The molecule has 0 saturated heterocycles. The number of fused-ring (bicyclic) bond motifs is 1. The van der Waals surface area contributed by atoms with Crippen molar-refractivity contribution in [2.24, 2.45) is 0 Å². The minimum atomic E-state index is -2.84. The third kappa shape index (κ3) is 4.05. The van der Waals surface area contributed by atoms with Crippen LogP contribution in [0.5, 0.6) is 11.5 Å². The van der Waals surface area contributed by atoms with E-state index in [0.717, 1.165) is 0 Å². The van der Waals surface area contributed by atoms with E-state index in [9.17, 15) is 19.1 Å². The molecule has 2 N–H and O–H groups in total. The zero-order valence-corrected chi connectivity index (χ0v) is 18.3. The number of aromatic carboxylic acids is 1. The number of nitrogens with one attached hydrogen (secondary N) is 1. The molecule has 0 atom stereocenters. The van der Waals surface area contributed by atoms with E-state index in [1.807, 2.05) is 0 Å². The van der Waals surface area contributed by atoms with Gasteiger partial charge in [0.05, 0.1) is 23.3 Å². The van der Waals surface area contributed by atoms with Crippen LogP contribution in [0.1, 0.15) is 31.8 Å². The van der Waals surface area contributed by atoms with Crippen LogP contribution in [0.3, 0.4) is 0 Å². The van der Waals surface area contributed by atoms with Crippen LogP contribution in [-0.2, 0) is 0 Å². The van der Waals surface area contributed by atoms with Crippen molar-refractivity contribution in [1.82, 2.24) is 5.32 Å². The van der Waals surface area contributed by atoms with Crippen molar-refractivity contribution in [2.75, 3.05) is 20.7 Å². The van der Waals surface area contributed by atoms with Crippen LogP contribution in [0.25, 0.3) is 33.4 Å². The number of carbonyl (C=O) groups excluding carboxylic acids is 1. The number of benzene rings is 3. The molecule has 174 valence electrons. The first-order valence-corrected chi connectivity index (χ1v) is 10.3. The Morgan fingerprint density at radius 3 is 2.47 bits per heavy atom. The van der Waals surface area contributed by atoms with Gasteiger partial charge >= 0.3 is 5.97 Å². The lowest BCUT2D eigenvalue weighted by atomic mass is 9.97. The van der Waals surface area contributed by atoms with E-state index in [2.05, 4.69) is 5.32 Å². The van der Waals surface area contributed by atoms with Gasteiger partial charge < -0.3 is 24.3 Å². The van der Waals surface area contributed by atoms with E-state index in [-0.39, 0.29) is 29.2 Å². The molecule has 0 unspecified atom stereocenters. The molecular weight excluding hydrogens is 441 g/mol. The summed E-state index contributed by atoms with van der Waals surface area (Å²) in [6.07, 6.45) is 0. The Kier molecular flexibility index (Phi) is 5.22. The Morgan fingerprint density at radius 2 is 1.82 bits per heavy atom. The fourth-order valence-corrected chi connectivity index (χ4v) is 3.73. The molecule has 0 radical (unpaired) electrons. The number of carboxylic acid groups (broad SMARTS) is 1. The Hall–Kier alpha value is -4.33. The molecule has 0 fully saturated rings. The van der Waals surface area contributed by atoms with E-state index >= 15 is 0 Å². The molecule has 0 bridgehead atoms. The highest BCUT2D eigenvalue weighted by Gasteiger charge is 2.24. The van der Waals surface area contributed by atoms with Crippen LogP contribution >= 0.6 is 0 Å². The lowest BCUT2D eigenvalue weighted by Crippen LogP contribution is -2.18. The number of methoxy groups -OCH3 is 1. The largest absolute Gasteiger partial charge is 0.496 e. The maximum atomic E-state index is 13.5. The smallest absolute Gasteiger partial charge is 0.339 e. The molecule has 4 rings (SSSR count). The summed E-state index contributed by atoms with van der Waals surface area (Å²) >= 11 is 0. The van der Waals surface area contributed by atoms with Crippen molar-refractivity contribution in [3.63, 3.8) is 0 Å². The van der Waals surface area contributed by atoms with Gasteiger partial charge in [0.15, 0.2) is 0 Å². The number of carboxylic acids is 1. The summed E-state index contributed by atoms with van der Waals surface area (Å²) in [6.45, 7) is 2.05. The van der Waals surface area contributed by atoms with Gasteiger partial charge in [-0.25, -0.2) is 9.18 Å². The Balaban J connectivity index is 1.97. The lowest BCUT2D eigenvalue weighted by molar-refractivity contribution is 0.0693. The first kappa shape index (κ1) is 19.2. The zero-order valence-electron chi connectivity index (χ0n) is 21.3. The second-order valence-electron chi connectivity index (χ2n) is 7.29. The molecule has 0 aliphatic heterocycles. The van der Waals surface area contributed by atoms with Crippen molar-refractivity contribution in [2.45, 2.75) is 6.92 Å². The molecule has 34 heavy (non-hydrogen) atoms. The van der Waals surface area contributed by atoms with Crippen LogP contribution in [0.4, 0.5) is 4.39 Å². The third-order valence-corrected chi connectivity index (χ3v) is 5.28. The van der Waals surface area contributed by atoms with Gasteiger partial charge in [-0.05, 0) is 55.0 Å². The summed E-state index contributed by atoms with van der Waals surface area (Å²) in [5.74, 6) is -2.01. The van der Waals surface area contributed by atoms with Crippen molar-refractivity contribution in [3.8, 4) is 33.9 Å². The standard InChI is InChI=1S/C26H22FNO6/c1-4-33-21-13-22-18(12-17(21)15-7-10-20(32-3)19(11-15)26(30)31)23(25(29)28-2)24(34-22)14-5-8-16(27)9-6-14/h5-13H,4H2,1-3H3,(H,28,29)(H,30,31)/i3D3. The van der Waals surface area contributed by atoms with Crippen LogP contribution in [0, 0.1) is 5.82 Å². The van der Waals surface area contributed by atoms with Crippen LogP contribution in [0.15, 0.2) is 59.0 Å². The second kappa shape index (κ2) is 9.27. The third-order valence-electron chi connectivity index (χ3n) is 5.28. The summed E-state index contributed by atoms with van der Waals surface area (Å²) in [5.41, 5.74) is 1.47. The molecule has 0 aliphatic carbocycles. The van der Waals surface area contributed by atoms with Gasteiger partial charge in [-0.1, -0.05) is 6.07 Å². The maximum absolute atomic E-state index is 13.5. The summed E-state index contributed by atoms with van der Waals surface area (Å²) < 4.78 is 52.1. The van der Waals surface area contributed by atoms with Gasteiger partial charge in [0.25, 0.3) is 5.91 Å². The predicted octanol–water partition coefficient (Wildman–Crippen LogP) is 5.37. The molecule has 8 heteroatoms. The molecule has 1 aromatic heterocycles. The molecule has 4 aromatic rings. The lowest BCUT2D eigenvalue weighted by Gasteiger charge is -2.13. The van der Waals surface area contributed by atoms with Crippen LogP contribution < -0.4 is 14.8 Å². The van der Waals surface area contributed by atoms with Gasteiger partial charge in [0.1, 0.15) is 34.2 Å². The second-order valence-corrected chi connectivity index (χ2v) is 7.29. The topological polar surface area (TPSA) is 98.0 Å². The highest BCUT2D eigenvalue weighted by molar-refractivity contribution is 6.12. The van der Waals surface area contributed by atoms with E-state index in [1.165, 1.54) is 49.5 Å². The number of halogens is 1. The fourth-order valence-electron chi connectivity index (χ4n) is 3.73. The first-order valence-electron chi connectivity index (χ1n) is 11.8. The average molecular weight is 466 g/mol. The Bertz CT molecular complexity index is 1500. The molecule has 3 aromatic carbocycles. The number of furan rings is 1. The normalized spacial score (nSPS) is 12.5. The quantitative estimate of drug-likeness (QED) is 0.380. The highest BCUT2D eigenvalue weighted by atomic mass is 19.1. The van der Waals surface area contributed by atoms with Crippen molar-refractivity contribution >= 4 is 22.8 Å². The van der Waals surface area contributed by atoms with Crippen molar-refractivity contribution in [3.05, 3.63) is 71.5 Å². The maximum Gasteiger partial charge on any atom is 0.339 e. The van der Waals surface area contributed by atoms with Gasteiger partial charge in [0.2, 0.25) is 0 Å². The van der Waals surface area contributed by atoms with E-state index in [0.29, 0.717) is 33.4 Å². The molecule has 1 amide bonds. The number of amides is 1. The number of rotatable bonds is 7. The summed E-state index contributed by atoms with van der Waals surface area (Å²) in [6, 6.07) is 12.7. The zero-order chi connectivity index (χ0) is 26.9. The summed E-state index contributed by atoms with van der Waals surface area (Å²) in [5, 5.41) is 12.7. The Labute approximate surface area is 198 Å². The highest BCUT2D eigenvalue weighted by Crippen LogP contribution is 2.41. The molecule has 1 heterocycles. The number of carbonyl (C=O) groups is 2. The molecular formula is C26H22FNO6. The van der Waals surface area contributed by atoms with Crippen molar-refractivity contribution in [1.29, 1.82) is 0 Å². The first-order chi connectivity index (χ1) is 17.5. The number of hydrogen-bond donors (Lipinski definition) is 2. The minimum absolute atomic E-state index is 0.203. The number of hydrogen-bond acceptors (Lipinski definition) is 5.